The normalized spacial score (nSPS) is 17.0. The van der Waals surface area contributed by atoms with Crippen molar-refractivity contribution in [3.8, 4) is 0 Å². The minimum atomic E-state index is -1.40. The fourth-order valence-electron chi connectivity index (χ4n) is 8.35. The summed E-state index contributed by atoms with van der Waals surface area (Å²) in [6, 6.07) is -7.93. The first-order valence-electron chi connectivity index (χ1n) is 25.3. The van der Waals surface area contributed by atoms with Gasteiger partial charge in [-0.3, -0.25) is 52.7 Å². The van der Waals surface area contributed by atoms with Gasteiger partial charge in [-0.25, -0.2) is 9.78 Å². The van der Waals surface area contributed by atoms with Gasteiger partial charge in [-0.2, -0.15) is 0 Å². The van der Waals surface area contributed by atoms with Gasteiger partial charge >= 0.3 is 5.97 Å². The number of carboxylic acid groups (broad SMARTS) is 1. The number of nitrogens with zero attached hydrogens (tertiary/aromatic N) is 3. The average Bonchev–Trinajstić information content (AvgIpc) is 4.20. The number of imidazole rings is 1. The average molecular weight is 1060 g/mol. The van der Waals surface area contributed by atoms with Gasteiger partial charge in [0.25, 0.3) is 0 Å². The van der Waals surface area contributed by atoms with Crippen LogP contribution in [0.15, 0.2) is 12.5 Å². The van der Waals surface area contributed by atoms with E-state index in [4.69, 9.17) is 22.9 Å². The predicted octanol–water partition coefficient (Wildman–Crippen LogP) is -5.93. The third-order valence-electron chi connectivity index (χ3n) is 12.5. The van der Waals surface area contributed by atoms with Crippen LogP contribution < -0.4 is 65.5 Å². The molecule has 0 spiro atoms. The Balaban J connectivity index is 1.54. The largest absolute Gasteiger partial charge is 0.480 e. The molecular weight excluding hydrogens is 985 g/mol. The Morgan fingerprint density at radius 3 is 1.87 bits per heavy atom. The monoisotopic (exact) mass is 1060 g/mol. The summed E-state index contributed by atoms with van der Waals surface area (Å²) in [5, 5.41) is 29.3. The Bertz CT molecular complexity index is 2130. The molecule has 2 fully saturated rings. The molecule has 75 heavy (non-hydrogen) atoms. The molecule has 29 heteroatoms. The molecule has 18 N–H and O–H groups in total. The molecule has 0 bridgehead atoms. The van der Waals surface area contributed by atoms with Crippen molar-refractivity contribution in [3.05, 3.63) is 18.2 Å². The minimum absolute atomic E-state index is 0.0482. The number of aliphatic carboxylic acids is 1. The van der Waals surface area contributed by atoms with Crippen LogP contribution in [0.1, 0.15) is 103 Å². The quantitative estimate of drug-likeness (QED) is 0.0286. The van der Waals surface area contributed by atoms with Crippen LogP contribution in [-0.4, -0.2) is 190 Å². The fraction of sp³-hybridized carbons (Fsp3) is 0.674. The first kappa shape index (κ1) is 62.0. The summed E-state index contributed by atoms with van der Waals surface area (Å²) in [5.41, 5.74) is 22.8. The number of likely N-dealkylation sites (tertiary alicyclic amines) is 2. The van der Waals surface area contributed by atoms with Gasteiger partial charge in [0.05, 0.1) is 44.2 Å². The Hall–Kier alpha value is -7.27. The van der Waals surface area contributed by atoms with Crippen molar-refractivity contribution in [2.45, 2.75) is 146 Å². The number of unbranched alkanes of at least 4 members (excludes halogenated alkanes) is 2. The summed E-state index contributed by atoms with van der Waals surface area (Å²) in [6.07, 6.45) is 6.91. The van der Waals surface area contributed by atoms with E-state index in [0.29, 0.717) is 63.6 Å². The lowest BCUT2D eigenvalue weighted by atomic mass is 10.1. The van der Waals surface area contributed by atoms with Crippen LogP contribution in [0.5, 0.6) is 0 Å². The number of carboxylic acids is 1. The van der Waals surface area contributed by atoms with Crippen LogP contribution in [0.25, 0.3) is 0 Å². The van der Waals surface area contributed by atoms with Crippen LogP contribution in [-0.2, 0) is 64.0 Å². The zero-order valence-corrected chi connectivity index (χ0v) is 42.5. The van der Waals surface area contributed by atoms with Gasteiger partial charge < -0.3 is 85.4 Å². The molecule has 1 aromatic rings. The number of nitrogens with one attached hydrogen (secondary N) is 9. The van der Waals surface area contributed by atoms with Gasteiger partial charge in [0.1, 0.15) is 36.3 Å². The number of rotatable bonds is 34. The molecule has 418 valence electrons. The zero-order valence-electron chi connectivity index (χ0n) is 42.5. The van der Waals surface area contributed by atoms with Crippen molar-refractivity contribution in [2.24, 2.45) is 22.9 Å². The van der Waals surface area contributed by atoms with Gasteiger partial charge in [-0.05, 0) is 77.3 Å². The molecule has 2 saturated heterocycles. The summed E-state index contributed by atoms with van der Waals surface area (Å²) < 4.78 is 0. The molecule has 1 aromatic heterocycles. The molecular formula is C46H76N16O13. The van der Waals surface area contributed by atoms with Crippen LogP contribution >= 0.6 is 0 Å². The second-order valence-electron chi connectivity index (χ2n) is 18.3. The van der Waals surface area contributed by atoms with Crippen molar-refractivity contribution in [2.75, 3.05) is 52.4 Å². The highest BCUT2D eigenvalue weighted by atomic mass is 16.4. The Kier molecular flexibility index (Phi) is 27.1. The number of amides is 11. The maximum absolute atomic E-state index is 13.9. The zero-order chi connectivity index (χ0) is 55.5. The van der Waals surface area contributed by atoms with Gasteiger partial charge in [-0.15, -0.1) is 0 Å². The van der Waals surface area contributed by atoms with Crippen molar-refractivity contribution in [1.82, 2.24) is 62.3 Å². The molecule has 0 aliphatic carbocycles. The highest BCUT2D eigenvalue weighted by Crippen LogP contribution is 2.20. The molecule has 11 amide bonds. The van der Waals surface area contributed by atoms with Crippen molar-refractivity contribution in [1.29, 1.82) is 0 Å². The lowest BCUT2D eigenvalue weighted by Gasteiger charge is -2.28. The van der Waals surface area contributed by atoms with Crippen molar-refractivity contribution < 1.29 is 62.6 Å². The number of nitrogens with two attached hydrogens (primary N) is 4. The van der Waals surface area contributed by atoms with Gasteiger partial charge in [0, 0.05) is 32.1 Å². The molecule has 7 atom stereocenters. The predicted molar refractivity (Wildman–Crippen MR) is 266 cm³/mol. The molecule has 3 rings (SSSR count). The highest BCUT2D eigenvalue weighted by Gasteiger charge is 2.39. The molecule has 0 unspecified atom stereocenters. The lowest BCUT2D eigenvalue weighted by Crippen LogP contribution is -2.56. The minimum Gasteiger partial charge on any atom is -0.480 e. The van der Waals surface area contributed by atoms with E-state index in [1.54, 1.807) is 0 Å². The Labute approximate surface area is 434 Å². The van der Waals surface area contributed by atoms with Gasteiger partial charge in [-0.1, -0.05) is 26.2 Å². The number of H-pyrrole nitrogens is 1. The fourth-order valence-corrected chi connectivity index (χ4v) is 8.35. The van der Waals surface area contributed by atoms with E-state index in [0.717, 1.165) is 0 Å². The number of aromatic nitrogens is 2. The number of hydrogen-bond acceptors (Lipinski definition) is 16. The van der Waals surface area contributed by atoms with E-state index in [9.17, 15) is 62.6 Å². The molecule has 2 aliphatic rings. The smallest absolute Gasteiger partial charge is 0.326 e. The highest BCUT2D eigenvalue weighted by molar-refractivity contribution is 5.97. The maximum Gasteiger partial charge on any atom is 0.326 e. The van der Waals surface area contributed by atoms with Crippen molar-refractivity contribution in [3.63, 3.8) is 0 Å². The standard InChI is InChI=1S/C46H76N16O13/c1-2-3-10-31(46(74)75)60-42(70)29(11-6-17-48)57-37(65)24-54-41(69)30(14-15-35(50)63)59-44(72)34-13-7-18-61(34)39(67)25-52-36(64)22-55-43(71)33-12-8-19-62(33)45(73)32(20-27-21-51-26-56-27)58-38(66)23-53-40(68)28(49)9-4-5-16-47/h21,26,28-34H,2-20,22-25,47-49H2,1H3,(H2,50,63)(H,51,56)(H,52,64)(H,53,68)(H,54,69)(H,55,71)(H,57,65)(H,58,66)(H,59,72)(H,60,70)(H,74,75)/t28-,29-,30-,31-,32-,33-,34-/m0/s1. The number of aromatic amines is 1. The summed E-state index contributed by atoms with van der Waals surface area (Å²) in [6.45, 7) is 0.432. The molecule has 0 aromatic carbocycles. The Morgan fingerprint density at radius 2 is 1.25 bits per heavy atom. The van der Waals surface area contributed by atoms with Gasteiger partial charge in [0.15, 0.2) is 0 Å². The van der Waals surface area contributed by atoms with Crippen LogP contribution in [0, 0.1) is 0 Å². The molecule has 2 aliphatic heterocycles. The van der Waals surface area contributed by atoms with Crippen LogP contribution in [0.2, 0.25) is 0 Å². The van der Waals surface area contributed by atoms with E-state index in [2.05, 4.69) is 52.5 Å². The Morgan fingerprint density at radius 1 is 0.653 bits per heavy atom. The summed E-state index contributed by atoms with van der Waals surface area (Å²) in [7, 11) is 0. The summed E-state index contributed by atoms with van der Waals surface area (Å²) in [5.74, 6) is -9.21. The van der Waals surface area contributed by atoms with Gasteiger partial charge in [0.2, 0.25) is 65.0 Å². The molecule has 3 heterocycles. The molecule has 29 nitrogen and oxygen atoms in total. The van der Waals surface area contributed by atoms with Crippen LogP contribution in [0.3, 0.4) is 0 Å². The second-order valence-corrected chi connectivity index (χ2v) is 18.3. The van der Waals surface area contributed by atoms with E-state index < -0.39 is 139 Å². The third kappa shape index (κ3) is 21.6. The number of carbonyl (C=O) groups excluding carboxylic acids is 11. The summed E-state index contributed by atoms with van der Waals surface area (Å²) >= 11 is 0. The van der Waals surface area contributed by atoms with Crippen LogP contribution in [0.4, 0.5) is 0 Å². The third-order valence-corrected chi connectivity index (χ3v) is 12.5. The topological polar surface area (TPSA) is 461 Å². The van der Waals surface area contributed by atoms with E-state index in [1.165, 1.54) is 22.3 Å². The number of carbonyl (C=O) groups is 12. The first-order chi connectivity index (χ1) is 35.8. The van der Waals surface area contributed by atoms with Crippen molar-refractivity contribution >= 4 is 70.9 Å². The lowest BCUT2D eigenvalue weighted by molar-refractivity contribution is -0.142. The first-order valence-corrected chi connectivity index (χ1v) is 25.3. The molecule has 0 radical (unpaired) electrons. The van der Waals surface area contributed by atoms with E-state index in [-0.39, 0.29) is 64.6 Å². The molecule has 0 saturated carbocycles. The number of hydrogen-bond donors (Lipinski definition) is 14. The maximum atomic E-state index is 13.9. The summed E-state index contributed by atoms with van der Waals surface area (Å²) in [4.78, 5) is 165. The second kappa shape index (κ2) is 32.8. The SMILES string of the molecule is CCCC[C@H](NC(=O)[C@H](CCCN)NC(=O)CNC(=O)[C@H](CCC(N)=O)NC(=O)[C@@H]1CCCN1C(=O)CNC(=O)CNC(=O)[C@@H]1CCCN1C(=O)[C@H](Cc1c[nH]cn1)NC(=O)CNC(=O)[C@@H](N)CCCCN)C(=O)O. The number of primary amides is 1. The van der Waals surface area contributed by atoms with E-state index >= 15 is 0 Å². The van der Waals surface area contributed by atoms with E-state index in [1.807, 2.05) is 6.92 Å².